The molecule has 0 radical (unpaired) electrons. The Balaban J connectivity index is 1.46. The lowest BCUT2D eigenvalue weighted by Crippen LogP contribution is -2.45. The second kappa shape index (κ2) is 10.1. The van der Waals surface area contributed by atoms with Gasteiger partial charge in [0.15, 0.2) is 0 Å². The Kier molecular flexibility index (Phi) is 7.27. The largest absolute Gasteiger partial charge is 0.375 e. The first-order chi connectivity index (χ1) is 15.1. The number of nitrogens with zero attached hydrogens (tertiary/aromatic N) is 3. The van der Waals surface area contributed by atoms with E-state index in [4.69, 9.17) is 16.3 Å². The molecule has 0 spiro atoms. The smallest absolute Gasteiger partial charge is 0.248 e. The molecule has 2 aromatic rings. The molecule has 166 valence electrons. The first-order valence-corrected chi connectivity index (χ1v) is 11.9. The van der Waals surface area contributed by atoms with Crippen molar-refractivity contribution in [1.82, 2.24) is 14.7 Å². The zero-order valence-electron chi connectivity index (χ0n) is 17.8. The topological polar surface area (TPSA) is 53.1 Å². The molecule has 0 bridgehead atoms. The lowest BCUT2D eigenvalue weighted by Gasteiger charge is -2.37. The first-order valence-electron chi connectivity index (χ1n) is 10.7. The molecule has 1 atom stereocenters. The van der Waals surface area contributed by atoms with E-state index in [-0.39, 0.29) is 24.5 Å². The number of hydrogen-bond acceptors (Lipinski definition) is 5. The van der Waals surface area contributed by atoms with Gasteiger partial charge >= 0.3 is 0 Å². The highest BCUT2D eigenvalue weighted by atomic mass is 35.5. The number of fused-ring (bicyclic) bond motifs is 1. The summed E-state index contributed by atoms with van der Waals surface area (Å²) in [4.78, 5) is 32.8. The van der Waals surface area contributed by atoms with Crippen LogP contribution in [0.1, 0.15) is 28.5 Å². The summed E-state index contributed by atoms with van der Waals surface area (Å²) in [7, 11) is 1.53. The van der Waals surface area contributed by atoms with Crippen LogP contribution < -0.4 is 0 Å². The number of benzene rings is 1. The highest BCUT2D eigenvalue weighted by Gasteiger charge is 2.32. The molecule has 3 heterocycles. The third-order valence-electron chi connectivity index (χ3n) is 6.06. The third-order valence-corrected chi connectivity index (χ3v) is 7.31. The fourth-order valence-electron chi connectivity index (χ4n) is 4.48. The lowest BCUT2D eigenvalue weighted by molar-refractivity contribution is -0.136. The third kappa shape index (κ3) is 5.12. The van der Waals surface area contributed by atoms with Crippen molar-refractivity contribution in [3.05, 3.63) is 56.7 Å². The van der Waals surface area contributed by atoms with Gasteiger partial charge in [0.05, 0.1) is 12.6 Å². The molecule has 1 aromatic heterocycles. The minimum atomic E-state index is -0.0133. The summed E-state index contributed by atoms with van der Waals surface area (Å²) in [5.41, 5.74) is 2.45. The van der Waals surface area contributed by atoms with Gasteiger partial charge in [0.25, 0.3) is 0 Å². The van der Waals surface area contributed by atoms with Gasteiger partial charge in [-0.3, -0.25) is 14.5 Å². The molecule has 0 saturated carbocycles. The number of hydrogen-bond donors (Lipinski definition) is 0. The van der Waals surface area contributed by atoms with Crippen LogP contribution in [0.15, 0.2) is 35.7 Å². The van der Waals surface area contributed by atoms with E-state index < -0.39 is 0 Å². The van der Waals surface area contributed by atoms with Gasteiger partial charge in [-0.2, -0.15) is 0 Å². The summed E-state index contributed by atoms with van der Waals surface area (Å²) < 4.78 is 4.97. The van der Waals surface area contributed by atoms with Crippen LogP contribution in [0.3, 0.4) is 0 Å². The Morgan fingerprint density at radius 1 is 1.03 bits per heavy atom. The monoisotopic (exact) mass is 461 g/mol. The van der Waals surface area contributed by atoms with Gasteiger partial charge in [0.1, 0.15) is 6.61 Å². The fourth-order valence-corrected chi connectivity index (χ4v) is 5.51. The fraction of sp³-hybridized carbons (Fsp3) is 0.478. The van der Waals surface area contributed by atoms with Crippen molar-refractivity contribution >= 4 is 34.8 Å². The quantitative estimate of drug-likeness (QED) is 0.686. The average molecular weight is 462 g/mol. The Labute approximate surface area is 192 Å². The molecule has 0 N–H and O–H groups in total. The van der Waals surface area contributed by atoms with Gasteiger partial charge in [-0.25, -0.2) is 0 Å². The summed E-state index contributed by atoms with van der Waals surface area (Å²) in [5.74, 6) is 0.110. The molecular formula is C23H28ClN3O3S. The first kappa shape index (κ1) is 22.3. The molecule has 2 aliphatic heterocycles. The van der Waals surface area contributed by atoms with E-state index in [2.05, 4.69) is 28.5 Å². The van der Waals surface area contributed by atoms with E-state index in [1.165, 1.54) is 17.6 Å². The minimum Gasteiger partial charge on any atom is -0.375 e. The highest BCUT2D eigenvalue weighted by Crippen LogP contribution is 2.38. The van der Waals surface area contributed by atoms with Crippen LogP contribution in [-0.2, 0) is 20.7 Å². The van der Waals surface area contributed by atoms with Crippen molar-refractivity contribution in [3.63, 3.8) is 0 Å². The Bertz CT molecular complexity index is 917. The number of halogens is 1. The van der Waals surface area contributed by atoms with Crippen LogP contribution in [0, 0.1) is 0 Å². The van der Waals surface area contributed by atoms with Gasteiger partial charge < -0.3 is 14.5 Å². The van der Waals surface area contributed by atoms with Gasteiger partial charge in [0, 0.05) is 49.7 Å². The molecule has 1 saturated heterocycles. The van der Waals surface area contributed by atoms with Crippen LogP contribution in [0.5, 0.6) is 0 Å². The van der Waals surface area contributed by atoms with E-state index >= 15 is 0 Å². The van der Waals surface area contributed by atoms with Gasteiger partial charge in [-0.1, -0.05) is 23.7 Å². The van der Waals surface area contributed by atoms with Crippen molar-refractivity contribution in [2.75, 3.05) is 53.0 Å². The predicted molar refractivity (Wildman–Crippen MR) is 123 cm³/mol. The van der Waals surface area contributed by atoms with Gasteiger partial charge in [-0.05, 0) is 47.5 Å². The van der Waals surface area contributed by atoms with Crippen LogP contribution in [0.4, 0.5) is 0 Å². The Morgan fingerprint density at radius 3 is 2.45 bits per heavy atom. The summed E-state index contributed by atoms with van der Waals surface area (Å²) in [5, 5.41) is 2.85. The van der Waals surface area contributed by atoms with E-state index in [1.807, 2.05) is 17.0 Å². The molecule has 1 fully saturated rings. The standard InChI is InChI=1S/C23H28ClN3O3S/c1-30-16-22(29)26-10-2-9-25(12-13-26)21(28)15-27-11-7-20-19(8-14-31-20)23(27)17-3-5-18(24)6-4-17/h3-6,8,14,23H,2,7,9-13,15-16H2,1H3. The maximum absolute atomic E-state index is 13.2. The van der Waals surface area contributed by atoms with Crippen LogP contribution in [-0.4, -0.2) is 79.5 Å². The van der Waals surface area contributed by atoms with E-state index in [0.717, 1.165) is 24.9 Å². The van der Waals surface area contributed by atoms with Gasteiger partial charge in [0.2, 0.25) is 11.8 Å². The van der Waals surface area contributed by atoms with Crippen molar-refractivity contribution in [1.29, 1.82) is 0 Å². The molecule has 2 aliphatic rings. The van der Waals surface area contributed by atoms with Crippen molar-refractivity contribution in [2.45, 2.75) is 18.9 Å². The zero-order valence-corrected chi connectivity index (χ0v) is 19.3. The molecule has 4 rings (SSSR count). The highest BCUT2D eigenvalue weighted by molar-refractivity contribution is 7.10. The Morgan fingerprint density at radius 2 is 1.74 bits per heavy atom. The summed E-state index contributed by atoms with van der Waals surface area (Å²) in [6, 6.07) is 10.2. The molecule has 1 unspecified atom stereocenters. The van der Waals surface area contributed by atoms with Crippen LogP contribution in [0.2, 0.25) is 5.02 Å². The second-order valence-corrected chi connectivity index (χ2v) is 9.46. The number of rotatable bonds is 5. The Hall–Kier alpha value is -1.93. The minimum absolute atomic E-state index is 0.0133. The van der Waals surface area contributed by atoms with Gasteiger partial charge in [-0.15, -0.1) is 11.3 Å². The van der Waals surface area contributed by atoms with E-state index in [1.54, 1.807) is 16.2 Å². The van der Waals surface area contributed by atoms with Crippen LogP contribution in [0.25, 0.3) is 0 Å². The van der Waals surface area contributed by atoms with Crippen LogP contribution >= 0.6 is 22.9 Å². The van der Waals surface area contributed by atoms with Crippen molar-refractivity contribution in [3.8, 4) is 0 Å². The number of carbonyl (C=O) groups excluding carboxylic acids is 2. The molecule has 1 aromatic carbocycles. The number of ether oxygens (including phenoxy) is 1. The molecule has 8 heteroatoms. The maximum atomic E-state index is 13.2. The molecule has 0 aliphatic carbocycles. The zero-order chi connectivity index (χ0) is 21.8. The predicted octanol–water partition coefficient (Wildman–Crippen LogP) is 3.06. The normalized spacial score (nSPS) is 19.7. The summed E-state index contributed by atoms with van der Waals surface area (Å²) >= 11 is 7.90. The molecule has 6 nitrogen and oxygen atoms in total. The van der Waals surface area contributed by atoms with E-state index in [0.29, 0.717) is 37.7 Å². The van der Waals surface area contributed by atoms with Crippen molar-refractivity contribution < 1.29 is 14.3 Å². The average Bonchev–Trinajstić information content (AvgIpc) is 3.10. The lowest BCUT2D eigenvalue weighted by atomic mass is 9.93. The number of thiophene rings is 1. The number of methoxy groups -OCH3 is 1. The molecule has 31 heavy (non-hydrogen) atoms. The second-order valence-electron chi connectivity index (χ2n) is 8.02. The molecule has 2 amide bonds. The summed E-state index contributed by atoms with van der Waals surface area (Å²) in [6.45, 7) is 3.78. The molecular weight excluding hydrogens is 434 g/mol. The number of carbonyl (C=O) groups is 2. The summed E-state index contributed by atoms with van der Waals surface area (Å²) in [6.07, 6.45) is 1.75. The SMILES string of the molecule is COCC(=O)N1CCCN(C(=O)CN2CCc3sccc3C2c2ccc(Cl)cc2)CC1. The van der Waals surface area contributed by atoms with E-state index in [9.17, 15) is 9.59 Å². The maximum Gasteiger partial charge on any atom is 0.248 e. The number of amides is 2. The van der Waals surface area contributed by atoms with Crippen molar-refractivity contribution in [2.24, 2.45) is 0 Å².